The lowest BCUT2D eigenvalue weighted by Crippen LogP contribution is -2.08. The molecule has 0 aromatic carbocycles. The largest absolute Gasteiger partial charge is 0.306 e. The van der Waals surface area contributed by atoms with Gasteiger partial charge in [0.15, 0.2) is 11.1 Å². The van der Waals surface area contributed by atoms with Crippen LogP contribution in [0.1, 0.15) is 26.2 Å². The number of unbranched alkanes of at least 4 members (excludes halogenated alkanes) is 2. The Hall–Kier alpha value is 0.0600. The molecule has 0 fully saturated rings. The molecule has 13 heavy (non-hydrogen) atoms. The van der Waals surface area contributed by atoms with E-state index >= 15 is 0 Å². The standard InChI is InChI=1S/C7H16O4S2/c1-2-13(10,11)7-5-3-4-6-12(8)9/h2-7H2,1H3,(H,8,9). The predicted molar refractivity (Wildman–Crippen MR) is 53.8 cm³/mol. The Bertz CT molecular complexity index is 245. The number of hydrogen-bond donors (Lipinski definition) is 1. The molecule has 0 radical (unpaired) electrons. The lowest BCUT2D eigenvalue weighted by atomic mass is 10.3. The van der Waals surface area contributed by atoms with Crippen molar-refractivity contribution in [2.75, 3.05) is 17.3 Å². The summed E-state index contributed by atoms with van der Waals surface area (Å²) in [6.07, 6.45) is 1.90. The lowest BCUT2D eigenvalue weighted by molar-refractivity contribution is 0.559. The summed E-state index contributed by atoms with van der Waals surface area (Å²) in [6.45, 7) is 1.62. The fourth-order valence-electron chi connectivity index (χ4n) is 0.869. The molecule has 1 unspecified atom stereocenters. The summed E-state index contributed by atoms with van der Waals surface area (Å²) < 4.78 is 40.6. The molecule has 0 amide bonds. The first-order chi connectivity index (χ1) is 5.98. The minimum atomic E-state index is -2.86. The van der Waals surface area contributed by atoms with Crippen LogP contribution in [0.2, 0.25) is 0 Å². The van der Waals surface area contributed by atoms with E-state index in [2.05, 4.69) is 0 Å². The predicted octanol–water partition coefficient (Wildman–Crippen LogP) is 0.813. The van der Waals surface area contributed by atoms with E-state index in [9.17, 15) is 12.6 Å². The van der Waals surface area contributed by atoms with Crippen LogP contribution in [0.5, 0.6) is 0 Å². The van der Waals surface area contributed by atoms with Gasteiger partial charge in [-0.3, -0.25) is 0 Å². The van der Waals surface area contributed by atoms with Crippen LogP contribution in [-0.4, -0.2) is 34.4 Å². The molecule has 0 saturated carbocycles. The van der Waals surface area contributed by atoms with Gasteiger partial charge in [-0.2, -0.15) is 0 Å². The third kappa shape index (κ3) is 8.39. The van der Waals surface area contributed by atoms with E-state index in [1.54, 1.807) is 6.92 Å². The Balaban J connectivity index is 3.42. The molecule has 0 aliphatic rings. The first kappa shape index (κ1) is 13.1. The van der Waals surface area contributed by atoms with E-state index in [0.29, 0.717) is 19.3 Å². The van der Waals surface area contributed by atoms with Crippen LogP contribution in [0, 0.1) is 0 Å². The van der Waals surface area contributed by atoms with Crippen molar-refractivity contribution in [3.63, 3.8) is 0 Å². The van der Waals surface area contributed by atoms with Gasteiger partial charge in [-0.05, 0) is 12.8 Å². The van der Waals surface area contributed by atoms with Crippen molar-refractivity contribution in [3.05, 3.63) is 0 Å². The van der Waals surface area contributed by atoms with Crippen molar-refractivity contribution in [3.8, 4) is 0 Å². The van der Waals surface area contributed by atoms with Crippen LogP contribution in [0.25, 0.3) is 0 Å². The van der Waals surface area contributed by atoms with Gasteiger partial charge in [-0.15, -0.1) is 0 Å². The van der Waals surface area contributed by atoms with Crippen LogP contribution >= 0.6 is 0 Å². The minimum Gasteiger partial charge on any atom is -0.306 e. The summed E-state index contributed by atoms with van der Waals surface area (Å²) in [7, 11) is -2.86. The van der Waals surface area contributed by atoms with Crippen LogP contribution in [0.4, 0.5) is 0 Å². The molecule has 0 aromatic rings. The minimum absolute atomic E-state index is 0.179. The molecule has 80 valence electrons. The summed E-state index contributed by atoms with van der Waals surface area (Å²) in [6, 6.07) is 0. The molecular formula is C7H16O4S2. The molecule has 0 spiro atoms. The maximum atomic E-state index is 11.0. The van der Waals surface area contributed by atoms with Gasteiger partial charge in [0.25, 0.3) is 0 Å². The van der Waals surface area contributed by atoms with Crippen molar-refractivity contribution >= 4 is 20.9 Å². The van der Waals surface area contributed by atoms with E-state index in [-0.39, 0.29) is 17.3 Å². The Labute approximate surface area is 81.9 Å². The van der Waals surface area contributed by atoms with Gasteiger partial charge in [-0.25, -0.2) is 12.6 Å². The summed E-state index contributed by atoms with van der Waals surface area (Å²) in [5.74, 6) is 0.618. The van der Waals surface area contributed by atoms with Gasteiger partial charge < -0.3 is 4.55 Å². The average molecular weight is 228 g/mol. The smallest absolute Gasteiger partial charge is 0.152 e. The SMILES string of the molecule is CCS(=O)(=O)CCCCCS(=O)O. The molecule has 4 nitrogen and oxygen atoms in total. The van der Waals surface area contributed by atoms with Crippen molar-refractivity contribution in [2.45, 2.75) is 26.2 Å². The topological polar surface area (TPSA) is 71.4 Å². The molecule has 0 saturated heterocycles. The van der Waals surface area contributed by atoms with Crippen LogP contribution in [0.15, 0.2) is 0 Å². The van der Waals surface area contributed by atoms with Crippen LogP contribution < -0.4 is 0 Å². The highest BCUT2D eigenvalue weighted by molar-refractivity contribution is 7.91. The molecular weight excluding hydrogens is 212 g/mol. The quantitative estimate of drug-likeness (QED) is 0.517. The Morgan fingerprint density at radius 2 is 1.85 bits per heavy atom. The first-order valence-corrected chi connectivity index (χ1v) is 7.35. The Kier molecular flexibility index (Phi) is 6.53. The summed E-state index contributed by atoms with van der Waals surface area (Å²) >= 11 is -1.74. The summed E-state index contributed by atoms with van der Waals surface area (Å²) in [4.78, 5) is 0. The number of sulfone groups is 1. The highest BCUT2D eigenvalue weighted by Crippen LogP contribution is 2.01. The molecule has 0 bridgehead atoms. The highest BCUT2D eigenvalue weighted by atomic mass is 32.2. The van der Waals surface area contributed by atoms with E-state index in [0.717, 1.165) is 0 Å². The lowest BCUT2D eigenvalue weighted by Gasteiger charge is -1.99. The van der Waals surface area contributed by atoms with Gasteiger partial charge in [0.05, 0.1) is 5.75 Å². The second-order valence-corrected chi connectivity index (χ2v) is 6.35. The van der Waals surface area contributed by atoms with Crippen molar-refractivity contribution in [1.29, 1.82) is 0 Å². The highest BCUT2D eigenvalue weighted by Gasteiger charge is 2.06. The zero-order chi connectivity index (χ0) is 10.3. The summed E-state index contributed by atoms with van der Waals surface area (Å²) in [5.41, 5.74) is 0. The zero-order valence-electron chi connectivity index (χ0n) is 7.73. The molecule has 0 aliphatic heterocycles. The van der Waals surface area contributed by atoms with Gasteiger partial charge in [-0.1, -0.05) is 13.3 Å². The Morgan fingerprint density at radius 1 is 1.23 bits per heavy atom. The Morgan fingerprint density at radius 3 is 2.31 bits per heavy atom. The maximum Gasteiger partial charge on any atom is 0.152 e. The molecule has 0 aromatic heterocycles. The molecule has 0 rings (SSSR count). The van der Waals surface area contributed by atoms with Gasteiger partial charge in [0, 0.05) is 11.5 Å². The third-order valence-corrected chi connectivity index (χ3v) is 4.14. The summed E-state index contributed by atoms with van der Waals surface area (Å²) in [5, 5.41) is 0. The van der Waals surface area contributed by atoms with E-state index in [1.165, 1.54) is 0 Å². The van der Waals surface area contributed by atoms with E-state index < -0.39 is 20.9 Å². The molecule has 1 N–H and O–H groups in total. The second kappa shape index (κ2) is 6.50. The fraction of sp³-hybridized carbons (Fsp3) is 1.00. The molecule has 0 heterocycles. The van der Waals surface area contributed by atoms with E-state index in [1.807, 2.05) is 0 Å². The van der Waals surface area contributed by atoms with Gasteiger partial charge in [0.1, 0.15) is 9.84 Å². The van der Waals surface area contributed by atoms with Gasteiger partial charge >= 0.3 is 0 Å². The van der Waals surface area contributed by atoms with Gasteiger partial charge in [0.2, 0.25) is 0 Å². The first-order valence-electron chi connectivity index (χ1n) is 4.26. The normalized spacial score (nSPS) is 14.3. The number of hydrogen-bond acceptors (Lipinski definition) is 3. The molecule has 1 atom stereocenters. The van der Waals surface area contributed by atoms with Crippen molar-refractivity contribution in [1.82, 2.24) is 0 Å². The average Bonchev–Trinajstić information content (AvgIpc) is 2.03. The van der Waals surface area contributed by atoms with E-state index in [4.69, 9.17) is 4.55 Å². The second-order valence-electron chi connectivity index (χ2n) is 2.82. The zero-order valence-corrected chi connectivity index (χ0v) is 9.36. The molecule has 0 aliphatic carbocycles. The van der Waals surface area contributed by atoms with Crippen LogP contribution in [-0.2, 0) is 20.9 Å². The number of rotatable bonds is 7. The van der Waals surface area contributed by atoms with Crippen molar-refractivity contribution in [2.24, 2.45) is 0 Å². The van der Waals surface area contributed by atoms with Crippen molar-refractivity contribution < 1.29 is 17.2 Å². The van der Waals surface area contributed by atoms with Crippen LogP contribution in [0.3, 0.4) is 0 Å². The molecule has 6 heteroatoms. The monoisotopic (exact) mass is 228 g/mol. The third-order valence-electron chi connectivity index (χ3n) is 1.71. The fourth-order valence-corrected chi connectivity index (χ4v) is 2.25. The maximum absolute atomic E-state index is 11.0.